The third kappa shape index (κ3) is 4.59. The maximum absolute atomic E-state index is 10.3. The van der Waals surface area contributed by atoms with Crippen LogP contribution in [0.4, 0.5) is 0 Å². The first-order valence-electron chi connectivity index (χ1n) is 7.43. The highest BCUT2D eigenvalue weighted by Gasteiger charge is 2.28. The fourth-order valence-electron chi connectivity index (χ4n) is 2.72. The van der Waals surface area contributed by atoms with Crippen LogP contribution in [0.2, 0.25) is 0 Å². The predicted octanol–water partition coefficient (Wildman–Crippen LogP) is 3.34. The van der Waals surface area contributed by atoms with Gasteiger partial charge < -0.3 is 10.4 Å². The van der Waals surface area contributed by atoms with Gasteiger partial charge in [0, 0.05) is 12.6 Å². The molecule has 2 heteroatoms. The first-order valence-corrected chi connectivity index (χ1v) is 7.43. The summed E-state index contributed by atoms with van der Waals surface area (Å²) in [7, 11) is 0. The van der Waals surface area contributed by atoms with Crippen LogP contribution in [-0.4, -0.2) is 23.3 Å². The third-order valence-electron chi connectivity index (χ3n) is 4.62. The van der Waals surface area contributed by atoms with E-state index in [0.717, 1.165) is 12.5 Å². The van der Waals surface area contributed by atoms with Gasteiger partial charge in [-0.15, -0.1) is 0 Å². The van der Waals surface area contributed by atoms with E-state index in [-0.39, 0.29) is 0 Å². The fraction of sp³-hybridized carbons (Fsp3) is 1.00. The highest BCUT2D eigenvalue weighted by molar-refractivity contribution is 4.84. The molecule has 0 spiro atoms. The summed E-state index contributed by atoms with van der Waals surface area (Å²) in [5, 5.41) is 13.9. The van der Waals surface area contributed by atoms with Crippen molar-refractivity contribution in [2.75, 3.05) is 6.54 Å². The van der Waals surface area contributed by atoms with Crippen LogP contribution in [0, 0.1) is 11.8 Å². The Morgan fingerprint density at radius 1 is 1.24 bits per heavy atom. The van der Waals surface area contributed by atoms with Crippen molar-refractivity contribution in [3.05, 3.63) is 0 Å². The minimum atomic E-state index is -0.581. The van der Waals surface area contributed by atoms with Gasteiger partial charge in [-0.25, -0.2) is 0 Å². The Morgan fingerprint density at radius 3 is 2.29 bits per heavy atom. The molecule has 1 fully saturated rings. The molecular weight excluding hydrogens is 210 g/mol. The van der Waals surface area contributed by atoms with E-state index in [4.69, 9.17) is 0 Å². The highest BCUT2D eigenvalue weighted by Crippen LogP contribution is 2.28. The molecule has 0 bridgehead atoms. The Morgan fingerprint density at radius 2 is 1.82 bits per heavy atom. The van der Waals surface area contributed by atoms with Crippen LogP contribution in [0.5, 0.6) is 0 Å². The summed E-state index contributed by atoms with van der Waals surface area (Å²) in [5.74, 6) is 1.13. The van der Waals surface area contributed by atoms with Gasteiger partial charge in [-0.2, -0.15) is 0 Å². The van der Waals surface area contributed by atoms with Crippen LogP contribution in [0.15, 0.2) is 0 Å². The lowest BCUT2D eigenvalue weighted by Gasteiger charge is -2.35. The van der Waals surface area contributed by atoms with E-state index in [1.54, 1.807) is 0 Å². The predicted molar refractivity (Wildman–Crippen MR) is 74.1 cm³/mol. The highest BCUT2D eigenvalue weighted by atomic mass is 16.3. The van der Waals surface area contributed by atoms with Crippen LogP contribution in [0.25, 0.3) is 0 Å². The van der Waals surface area contributed by atoms with Crippen LogP contribution in [0.3, 0.4) is 0 Å². The van der Waals surface area contributed by atoms with Crippen molar-refractivity contribution in [2.24, 2.45) is 11.8 Å². The van der Waals surface area contributed by atoms with Gasteiger partial charge >= 0.3 is 0 Å². The monoisotopic (exact) mass is 241 g/mol. The molecule has 2 nitrogen and oxygen atoms in total. The standard InChI is InChI=1S/C15H31NO/c1-5-14(13-9-7-6-8-10-13)16-11-15(4,17)12(2)3/h12-14,16-17H,5-11H2,1-4H3. The van der Waals surface area contributed by atoms with Crippen molar-refractivity contribution in [2.45, 2.75) is 77.9 Å². The lowest BCUT2D eigenvalue weighted by Crippen LogP contribution is -2.48. The van der Waals surface area contributed by atoms with Gasteiger partial charge in [0.1, 0.15) is 0 Å². The number of aliphatic hydroxyl groups is 1. The minimum Gasteiger partial charge on any atom is -0.389 e. The number of rotatable bonds is 6. The molecule has 0 radical (unpaired) electrons. The summed E-state index contributed by atoms with van der Waals surface area (Å²) >= 11 is 0. The lowest BCUT2D eigenvalue weighted by atomic mass is 9.82. The Kier molecular flexibility index (Phi) is 5.94. The van der Waals surface area contributed by atoms with Gasteiger partial charge in [0.05, 0.1) is 5.60 Å². The molecular formula is C15H31NO. The average Bonchev–Trinajstić information content (AvgIpc) is 2.31. The summed E-state index contributed by atoms with van der Waals surface area (Å²) in [5.41, 5.74) is -0.581. The zero-order valence-electron chi connectivity index (χ0n) is 12.1. The third-order valence-corrected chi connectivity index (χ3v) is 4.62. The van der Waals surface area contributed by atoms with E-state index in [1.165, 1.54) is 38.5 Å². The zero-order valence-corrected chi connectivity index (χ0v) is 12.1. The Bertz CT molecular complexity index is 207. The fourth-order valence-corrected chi connectivity index (χ4v) is 2.72. The lowest BCUT2D eigenvalue weighted by molar-refractivity contribution is 0.00911. The van der Waals surface area contributed by atoms with E-state index in [2.05, 4.69) is 26.1 Å². The van der Waals surface area contributed by atoms with Gasteiger partial charge in [-0.1, -0.05) is 40.0 Å². The van der Waals surface area contributed by atoms with E-state index < -0.39 is 5.60 Å². The molecule has 0 saturated heterocycles. The molecule has 0 aliphatic heterocycles. The van der Waals surface area contributed by atoms with E-state index in [9.17, 15) is 5.11 Å². The molecule has 0 heterocycles. The van der Waals surface area contributed by atoms with Gasteiger partial charge in [0.15, 0.2) is 0 Å². The average molecular weight is 241 g/mol. The molecule has 0 aromatic heterocycles. The van der Waals surface area contributed by atoms with Gasteiger partial charge in [0.2, 0.25) is 0 Å². The minimum absolute atomic E-state index is 0.305. The Balaban J connectivity index is 2.41. The largest absolute Gasteiger partial charge is 0.389 e. The van der Waals surface area contributed by atoms with Crippen LogP contribution in [-0.2, 0) is 0 Å². The number of hydrogen-bond acceptors (Lipinski definition) is 2. The molecule has 102 valence electrons. The molecule has 2 N–H and O–H groups in total. The van der Waals surface area contributed by atoms with E-state index >= 15 is 0 Å². The number of hydrogen-bond donors (Lipinski definition) is 2. The number of nitrogens with one attached hydrogen (secondary N) is 1. The quantitative estimate of drug-likeness (QED) is 0.747. The van der Waals surface area contributed by atoms with Crippen molar-refractivity contribution in [3.63, 3.8) is 0 Å². The summed E-state index contributed by atoms with van der Waals surface area (Å²) in [6, 6.07) is 0.598. The van der Waals surface area contributed by atoms with Crippen LogP contribution in [0.1, 0.15) is 66.2 Å². The van der Waals surface area contributed by atoms with E-state index in [0.29, 0.717) is 12.0 Å². The molecule has 0 amide bonds. The second kappa shape index (κ2) is 6.75. The molecule has 1 aliphatic carbocycles. The van der Waals surface area contributed by atoms with Gasteiger partial charge in [0.25, 0.3) is 0 Å². The first-order chi connectivity index (χ1) is 7.97. The normalized spacial score (nSPS) is 23.6. The maximum atomic E-state index is 10.3. The SMILES string of the molecule is CCC(NCC(C)(O)C(C)C)C1CCCCC1. The summed E-state index contributed by atoms with van der Waals surface area (Å²) in [6.07, 6.45) is 8.12. The summed E-state index contributed by atoms with van der Waals surface area (Å²) in [4.78, 5) is 0. The van der Waals surface area contributed by atoms with Gasteiger partial charge in [-0.05, 0) is 38.0 Å². The topological polar surface area (TPSA) is 32.3 Å². The first kappa shape index (κ1) is 15.0. The van der Waals surface area contributed by atoms with Gasteiger partial charge in [-0.3, -0.25) is 0 Å². The molecule has 1 rings (SSSR count). The van der Waals surface area contributed by atoms with Crippen LogP contribution < -0.4 is 5.32 Å². The molecule has 2 atom stereocenters. The smallest absolute Gasteiger partial charge is 0.0766 e. The van der Waals surface area contributed by atoms with E-state index in [1.807, 2.05) is 6.92 Å². The maximum Gasteiger partial charge on any atom is 0.0766 e. The summed E-state index contributed by atoms with van der Waals surface area (Å²) in [6.45, 7) is 9.10. The molecule has 0 aromatic carbocycles. The molecule has 0 aromatic rings. The zero-order chi connectivity index (χ0) is 12.9. The molecule has 2 unspecified atom stereocenters. The van der Waals surface area contributed by atoms with Crippen molar-refractivity contribution >= 4 is 0 Å². The van der Waals surface area contributed by atoms with Crippen molar-refractivity contribution < 1.29 is 5.11 Å². The van der Waals surface area contributed by atoms with Crippen molar-refractivity contribution in [1.82, 2.24) is 5.32 Å². The molecule has 1 saturated carbocycles. The Labute approximate surface area is 107 Å². The molecule has 17 heavy (non-hydrogen) atoms. The van der Waals surface area contributed by atoms with Crippen molar-refractivity contribution in [3.8, 4) is 0 Å². The van der Waals surface area contributed by atoms with Crippen LogP contribution >= 0.6 is 0 Å². The molecule has 1 aliphatic rings. The van der Waals surface area contributed by atoms with Crippen molar-refractivity contribution in [1.29, 1.82) is 0 Å². The second-order valence-corrected chi connectivity index (χ2v) is 6.31. The second-order valence-electron chi connectivity index (χ2n) is 6.31. The Hall–Kier alpha value is -0.0800. The summed E-state index contributed by atoms with van der Waals surface area (Å²) < 4.78 is 0.